The Morgan fingerprint density at radius 3 is 2.57 bits per heavy atom. The number of carbonyl (C=O) groups excluding carboxylic acids is 1. The van der Waals surface area contributed by atoms with Crippen molar-refractivity contribution in [3.05, 3.63) is 35.6 Å². The summed E-state index contributed by atoms with van der Waals surface area (Å²) in [6.07, 6.45) is 0.481. The molecule has 0 saturated carbocycles. The number of urea groups is 1. The number of amides is 2. The standard InChI is InChI=1S/C15H21FN2O3/c1-4-18(15(2,3)13(19)20)14(21)17-9-8-11-6-5-7-12(16)10-11/h5-7,10H,4,8-9H2,1-3H3,(H,17,21)(H,19,20). The number of nitrogens with one attached hydrogen (secondary N) is 1. The molecule has 0 fully saturated rings. The average Bonchev–Trinajstić information content (AvgIpc) is 2.39. The zero-order valence-corrected chi connectivity index (χ0v) is 12.5. The van der Waals surface area contributed by atoms with Crippen LogP contribution in [0.15, 0.2) is 24.3 Å². The number of hydrogen-bond acceptors (Lipinski definition) is 2. The molecule has 0 aliphatic rings. The quantitative estimate of drug-likeness (QED) is 0.846. The number of rotatable bonds is 6. The number of halogens is 1. The molecular weight excluding hydrogens is 275 g/mol. The molecule has 21 heavy (non-hydrogen) atoms. The van der Waals surface area contributed by atoms with E-state index in [1.54, 1.807) is 19.1 Å². The molecule has 0 aliphatic heterocycles. The van der Waals surface area contributed by atoms with Gasteiger partial charge in [-0.05, 0) is 44.9 Å². The molecule has 1 aromatic rings. The van der Waals surface area contributed by atoms with E-state index >= 15 is 0 Å². The average molecular weight is 296 g/mol. The number of carbonyl (C=O) groups is 2. The van der Waals surface area contributed by atoms with Crippen LogP contribution in [0.1, 0.15) is 26.3 Å². The molecule has 0 spiro atoms. The Balaban J connectivity index is 2.58. The van der Waals surface area contributed by atoms with Gasteiger partial charge in [-0.2, -0.15) is 0 Å². The molecule has 6 heteroatoms. The van der Waals surface area contributed by atoms with E-state index in [2.05, 4.69) is 5.32 Å². The second kappa shape index (κ2) is 7.06. The van der Waals surface area contributed by atoms with Crippen molar-refractivity contribution in [2.24, 2.45) is 0 Å². The third kappa shape index (κ3) is 4.44. The summed E-state index contributed by atoms with van der Waals surface area (Å²) in [7, 11) is 0. The fraction of sp³-hybridized carbons (Fsp3) is 0.467. The second-order valence-electron chi connectivity index (χ2n) is 5.22. The number of likely N-dealkylation sites (N-methyl/N-ethyl adjacent to an activating group) is 1. The minimum absolute atomic E-state index is 0.283. The smallest absolute Gasteiger partial charge is 0.329 e. The van der Waals surface area contributed by atoms with Gasteiger partial charge >= 0.3 is 12.0 Å². The molecule has 5 nitrogen and oxygen atoms in total. The third-order valence-electron chi connectivity index (χ3n) is 3.34. The minimum atomic E-state index is -1.28. The summed E-state index contributed by atoms with van der Waals surface area (Å²) in [6, 6.07) is 5.70. The lowest BCUT2D eigenvalue weighted by Gasteiger charge is -2.34. The van der Waals surface area contributed by atoms with E-state index < -0.39 is 17.5 Å². The number of hydrogen-bond donors (Lipinski definition) is 2. The first kappa shape index (κ1) is 16.9. The summed E-state index contributed by atoms with van der Waals surface area (Å²) in [5, 5.41) is 11.8. The van der Waals surface area contributed by atoms with Crippen molar-refractivity contribution in [1.82, 2.24) is 10.2 Å². The molecule has 0 atom stereocenters. The van der Waals surface area contributed by atoms with Crippen LogP contribution < -0.4 is 5.32 Å². The highest BCUT2D eigenvalue weighted by molar-refractivity contribution is 5.85. The van der Waals surface area contributed by atoms with Crippen LogP contribution in [0.3, 0.4) is 0 Å². The lowest BCUT2D eigenvalue weighted by Crippen LogP contribution is -2.56. The zero-order chi connectivity index (χ0) is 16.0. The van der Waals surface area contributed by atoms with Gasteiger partial charge in [0.05, 0.1) is 0 Å². The van der Waals surface area contributed by atoms with Crippen LogP contribution in [-0.4, -0.2) is 40.6 Å². The van der Waals surface area contributed by atoms with Gasteiger partial charge < -0.3 is 15.3 Å². The molecule has 0 heterocycles. The van der Waals surface area contributed by atoms with Gasteiger partial charge in [0, 0.05) is 13.1 Å². The molecule has 0 saturated heterocycles. The van der Waals surface area contributed by atoms with Gasteiger partial charge in [0.15, 0.2) is 0 Å². The third-order valence-corrected chi connectivity index (χ3v) is 3.34. The first-order valence-corrected chi connectivity index (χ1v) is 6.82. The Morgan fingerprint density at radius 1 is 1.38 bits per heavy atom. The first-order chi connectivity index (χ1) is 9.78. The van der Waals surface area contributed by atoms with Crippen LogP contribution in [0.25, 0.3) is 0 Å². The van der Waals surface area contributed by atoms with Crippen LogP contribution in [0, 0.1) is 5.82 Å². The number of aliphatic carboxylic acids is 1. The van der Waals surface area contributed by atoms with Gasteiger partial charge in [0.2, 0.25) is 0 Å². The number of carboxylic acids is 1. The molecule has 2 N–H and O–H groups in total. The normalized spacial score (nSPS) is 11.0. The van der Waals surface area contributed by atoms with Crippen LogP contribution in [0.2, 0.25) is 0 Å². The predicted molar refractivity (Wildman–Crippen MR) is 77.6 cm³/mol. The number of benzene rings is 1. The van der Waals surface area contributed by atoms with Crippen LogP contribution in [0.5, 0.6) is 0 Å². The van der Waals surface area contributed by atoms with Crippen molar-refractivity contribution in [2.45, 2.75) is 32.7 Å². The first-order valence-electron chi connectivity index (χ1n) is 6.82. The van der Waals surface area contributed by atoms with Gasteiger partial charge in [0.25, 0.3) is 0 Å². The van der Waals surface area contributed by atoms with Crippen molar-refractivity contribution in [3.63, 3.8) is 0 Å². The molecule has 116 valence electrons. The highest BCUT2D eigenvalue weighted by Crippen LogP contribution is 2.14. The SMILES string of the molecule is CCN(C(=O)NCCc1cccc(F)c1)C(C)(C)C(=O)O. The minimum Gasteiger partial charge on any atom is -0.480 e. The molecule has 1 rings (SSSR count). The molecule has 0 bridgehead atoms. The lowest BCUT2D eigenvalue weighted by molar-refractivity contribution is -0.147. The monoisotopic (exact) mass is 296 g/mol. The Bertz CT molecular complexity index is 517. The Labute approximate surface area is 123 Å². The van der Waals surface area contributed by atoms with Crippen molar-refractivity contribution >= 4 is 12.0 Å². The molecule has 2 amide bonds. The Kier molecular flexibility index (Phi) is 5.69. The predicted octanol–water partition coefficient (Wildman–Crippen LogP) is 2.26. The summed E-state index contributed by atoms with van der Waals surface area (Å²) in [4.78, 5) is 24.5. The van der Waals surface area contributed by atoms with E-state index in [-0.39, 0.29) is 12.4 Å². The highest BCUT2D eigenvalue weighted by atomic mass is 19.1. The van der Waals surface area contributed by atoms with Gasteiger partial charge in [0.1, 0.15) is 11.4 Å². The van der Waals surface area contributed by atoms with Crippen molar-refractivity contribution in [3.8, 4) is 0 Å². The topological polar surface area (TPSA) is 69.6 Å². The maximum Gasteiger partial charge on any atom is 0.329 e. The van der Waals surface area contributed by atoms with E-state index in [1.807, 2.05) is 0 Å². The van der Waals surface area contributed by atoms with E-state index in [0.717, 1.165) is 5.56 Å². The number of nitrogens with zero attached hydrogens (tertiary/aromatic N) is 1. The van der Waals surface area contributed by atoms with E-state index in [9.17, 15) is 14.0 Å². The van der Waals surface area contributed by atoms with E-state index in [4.69, 9.17) is 5.11 Å². The molecule has 0 aliphatic carbocycles. The zero-order valence-electron chi connectivity index (χ0n) is 12.5. The summed E-state index contributed by atoms with van der Waals surface area (Å²) in [6.45, 7) is 5.27. The van der Waals surface area contributed by atoms with Crippen molar-refractivity contribution in [1.29, 1.82) is 0 Å². The maximum atomic E-state index is 13.0. The van der Waals surface area contributed by atoms with Gasteiger partial charge in [-0.25, -0.2) is 14.0 Å². The molecule has 0 radical (unpaired) electrons. The van der Waals surface area contributed by atoms with Crippen LogP contribution in [-0.2, 0) is 11.2 Å². The van der Waals surface area contributed by atoms with Gasteiger partial charge in [-0.15, -0.1) is 0 Å². The van der Waals surface area contributed by atoms with Crippen molar-refractivity contribution in [2.75, 3.05) is 13.1 Å². The van der Waals surface area contributed by atoms with Crippen molar-refractivity contribution < 1.29 is 19.1 Å². The summed E-state index contributed by atoms with van der Waals surface area (Å²) >= 11 is 0. The van der Waals surface area contributed by atoms with Gasteiger partial charge in [-0.3, -0.25) is 0 Å². The summed E-state index contributed by atoms with van der Waals surface area (Å²) in [5.41, 5.74) is -0.506. The fourth-order valence-corrected chi connectivity index (χ4v) is 2.01. The molecule has 0 aromatic heterocycles. The Morgan fingerprint density at radius 2 is 2.05 bits per heavy atom. The molecule has 1 aromatic carbocycles. The van der Waals surface area contributed by atoms with Crippen LogP contribution in [0.4, 0.5) is 9.18 Å². The summed E-state index contributed by atoms with van der Waals surface area (Å²) in [5.74, 6) is -1.38. The summed E-state index contributed by atoms with van der Waals surface area (Å²) < 4.78 is 13.0. The lowest BCUT2D eigenvalue weighted by atomic mass is 10.0. The molecular formula is C15H21FN2O3. The Hall–Kier alpha value is -2.11. The van der Waals surface area contributed by atoms with E-state index in [0.29, 0.717) is 13.0 Å². The highest BCUT2D eigenvalue weighted by Gasteiger charge is 2.36. The largest absolute Gasteiger partial charge is 0.480 e. The van der Waals surface area contributed by atoms with Gasteiger partial charge in [-0.1, -0.05) is 12.1 Å². The molecule has 0 unspecified atom stereocenters. The maximum absolute atomic E-state index is 13.0. The van der Waals surface area contributed by atoms with Crippen LogP contribution >= 0.6 is 0 Å². The van der Waals surface area contributed by atoms with E-state index in [1.165, 1.54) is 30.9 Å². The fourth-order valence-electron chi connectivity index (χ4n) is 2.01. The number of carboxylic acid groups (broad SMARTS) is 1. The second-order valence-corrected chi connectivity index (χ2v) is 5.22.